The maximum Gasteiger partial charge on any atom is 0.107 e. The van der Waals surface area contributed by atoms with Gasteiger partial charge in [-0.3, -0.25) is 0 Å². The fourth-order valence-electron chi connectivity index (χ4n) is 1.76. The van der Waals surface area contributed by atoms with Gasteiger partial charge in [0.2, 0.25) is 0 Å². The minimum absolute atomic E-state index is 0.258. The highest BCUT2D eigenvalue weighted by Crippen LogP contribution is 2.29. The molecule has 2 aromatic rings. The number of hydrogen-bond acceptors (Lipinski definition) is 4. The van der Waals surface area contributed by atoms with Crippen LogP contribution in [0.5, 0.6) is 0 Å². The highest BCUT2D eigenvalue weighted by Gasteiger charge is 2.15. The molecule has 0 saturated carbocycles. The predicted octanol–water partition coefficient (Wildman–Crippen LogP) is 4.35. The average Bonchev–Trinajstić information content (AvgIpc) is 2.96. The maximum absolute atomic E-state index is 4.42. The Morgan fingerprint density at radius 3 is 2.47 bits per heavy atom. The molecule has 4 heteroatoms. The second kappa shape index (κ2) is 6.16. The molecule has 2 heterocycles. The van der Waals surface area contributed by atoms with E-state index >= 15 is 0 Å². The third-order valence-corrected chi connectivity index (χ3v) is 5.58. The minimum atomic E-state index is 0.258. The van der Waals surface area contributed by atoms with Crippen molar-refractivity contribution in [1.82, 2.24) is 10.3 Å². The predicted molar refractivity (Wildman–Crippen MR) is 85.1 cm³/mol. The van der Waals surface area contributed by atoms with Crippen molar-refractivity contribution in [3.63, 3.8) is 0 Å². The zero-order valence-electron chi connectivity index (χ0n) is 12.1. The highest BCUT2D eigenvalue weighted by molar-refractivity contribution is 7.12. The fraction of sp³-hybridized carbons (Fsp3) is 0.533. The first-order valence-electron chi connectivity index (χ1n) is 6.72. The molecule has 0 amide bonds. The van der Waals surface area contributed by atoms with Gasteiger partial charge in [0.15, 0.2) is 0 Å². The van der Waals surface area contributed by atoms with E-state index in [2.05, 4.69) is 50.1 Å². The number of hydrogen-bond donors (Lipinski definition) is 1. The molecule has 0 radical (unpaired) electrons. The number of thiophene rings is 1. The van der Waals surface area contributed by atoms with Crippen LogP contribution >= 0.6 is 22.7 Å². The summed E-state index contributed by atoms with van der Waals surface area (Å²) in [6, 6.07) is 4.48. The number of aromatic nitrogens is 1. The normalized spacial score (nSPS) is 12.0. The van der Waals surface area contributed by atoms with Crippen LogP contribution in [-0.4, -0.2) is 4.98 Å². The van der Waals surface area contributed by atoms with Crippen molar-refractivity contribution in [2.24, 2.45) is 0 Å². The molecule has 0 aliphatic carbocycles. The summed E-state index contributed by atoms with van der Waals surface area (Å²) in [6.45, 7) is 10.8. The highest BCUT2D eigenvalue weighted by atomic mass is 32.1. The van der Waals surface area contributed by atoms with Crippen LogP contribution in [0.2, 0.25) is 0 Å². The molecule has 2 rings (SSSR count). The Hall–Kier alpha value is -0.710. The Morgan fingerprint density at radius 1 is 1.11 bits per heavy atom. The number of rotatable bonds is 5. The molecule has 0 aliphatic heterocycles. The van der Waals surface area contributed by atoms with Gasteiger partial charge in [0.05, 0.1) is 0 Å². The van der Waals surface area contributed by atoms with Crippen molar-refractivity contribution >= 4 is 22.7 Å². The van der Waals surface area contributed by atoms with E-state index in [0.717, 1.165) is 19.5 Å². The summed E-state index contributed by atoms with van der Waals surface area (Å²) in [4.78, 5) is 8.64. The van der Waals surface area contributed by atoms with Gasteiger partial charge in [-0.25, -0.2) is 4.98 Å². The molecule has 0 aromatic carbocycles. The Labute approximate surface area is 123 Å². The standard InChI is InChI=1S/C15H22N2S2/c1-5-11-9-17-14(19-11)10-16-8-12-6-7-13(18-12)15(2,3)4/h6-7,9,16H,5,8,10H2,1-4H3. The largest absolute Gasteiger partial charge is 0.306 e. The molecule has 0 aliphatic rings. The van der Waals surface area contributed by atoms with E-state index < -0.39 is 0 Å². The van der Waals surface area contributed by atoms with Gasteiger partial charge in [-0.15, -0.1) is 22.7 Å². The van der Waals surface area contributed by atoms with E-state index in [9.17, 15) is 0 Å². The topological polar surface area (TPSA) is 24.9 Å². The number of thiazole rings is 1. The second-order valence-corrected chi connectivity index (χ2v) is 8.06. The Morgan fingerprint density at radius 2 is 1.89 bits per heavy atom. The first kappa shape index (κ1) is 14.7. The van der Waals surface area contributed by atoms with Gasteiger partial charge in [-0.1, -0.05) is 27.7 Å². The molecule has 0 bridgehead atoms. The molecule has 1 N–H and O–H groups in total. The summed E-state index contributed by atoms with van der Waals surface area (Å²) < 4.78 is 0. The number of aryl methyl sites for hydroxylation is 1. The molecule has 0 fully saturated rings. The van der Waals surface area contributed by atoms with Crippen LogP contribution < -0.4 is 5.32 Å². The molecule has 0 atom stereocenters. The summed E-state index contributed by atoms with van der Waals surface area (Å²) in [5, 5.41) is 4.66. The molecule has 2 nitrogen and oxygen atoms in total. The van der Waals surface area contributed by atoms with Crippen LogP contribution in [0.4, 0.5) is 0 Å². The van der Waals surface area contributed by atoms with Crippen LogP contribution in [0.15, 0.2) is 18.3 Å². The Balaban J connectivity index is 1.84. The monoisotopic (exact) mass is 294 g/mol. The lowest BCUT2D eigenvalue weighted by Gasteiger charge is -2.15. The summed E-state index contributed by atoms with van der Waals surface area (Å²) in [5.41, 5.74) is 0.258. The van der Waals surface area contributed by atoms with Crippen molar-refractivity contribution in [2.45, 2.75) is 52.6 Å². The van der Waals surface area contributed by atoms with E-state index in [1.54, 1.807) is 0 Å². The maximum atomic E-state index is 4.42. The van der Waals surface area contributed by atoms with Crippen molar-refractivity contribution in [3.05, 3.63) is 38.0 Å². The number of nitrogens with zero attached hydrogens (tertiary/aromatic N) is 1. The molecular weight excluding hydrogens is 272 g/mol. The van der Waals surface area contributed by atoms with Gasteiger partial charge in [0.1, 0.15) is 5.01 Å². The summed E-state index contributed by atoms with van der Waals surface area (Å²) in [7, 11) is 0. The van der Waals surface area contributed by atoms with Crippen LogP contribution in [0.1, 0.15) is 47.3 Å². The van der Waals surface area contributed by atoms with E-state index in [0.29, 0.717) is 0 Å². The minimum Gasteiger partial charge on any atom is -0.306 e. The molecule has 0 saturated heterocycles. The lowest BCUT2D eigenvalue weighted by atomic mass is 9.95. The van der Waals surface area contributed by atoms with Crippen molar-refractivity contribution < 1.29 is 0 Å². The summed E-state index contributed by atoms with van der Waals surface area (Å²) in [6.07, 6.45) is 3.07. The van der Waals surface area contributed by atoms with E-state index in [1.807, 2.05) is 28.9 Å². The van der Waals surface area contributed by atoms with Crippen molar-refractivity contribution in [3.8, 4) is 0 Å². The molecule has 104 valence electrons. The van der Waals surface area contributed by atoms with Crippen LogP contribution in [0.25, 0.3) is 0 Å². The van der Waals surface area contributed by atoms with Crippen LogP contribution in [-0.2, 0) is 24.9 Å². The first-order chi connectivity index (χ1) is 8.99. The van der Waals surface area contributed by atoms with Crippen molar-refractivity contribution in [1.29, 1.82) is 0 Å². The molecule has 0 spiro atoms. The average molecular weight is 294 g/mol. The Kier molecular flexibility index (Phi) is 4.76. The van der Waals surface area contributed by atoms with Crippen molar-refractivity contribution in [2.75, 3.05) is 0 Å². The second-order valence-electron chi connectivity index (χ2n) is 5.69. The van der Waals surface area contributed by atoms with E-state index in [4.69, 9.17) is 0 Å². The summed E-state index contributed by atoms with van der Waals surface area (Å²) in [5.74, 6) is 0. The fourth-order valence-corrected chi connectivity index (χ4v) is 3.63. The molecule has 0 unspecified atom stereocenters. The van der Waals surface area contributed by atoms with Gasteiger partial charge in [0.25, 0.3) is 0 Å². The smallest absolute Gasteiger partial charge is 0.107 e. The zero-order chi connectivity index (χ0) is 13.9. The third-order valence-electron chi connectivity index (χ3n) is 2.93. The quantitative estimate of drug-likeness (QED) is 0.886. The third kappa shape index (κ3) is 4.13. The molecule has 2 aromatic heterocycles. The van der Waals surface area contributed by atoms with Gasteiger partial charge < -0.3 is 5.32 Å². The summed E-state index contributed by atoms with van der Waals surface area (Å²) >= 11 is 3.71. The van der Waals surface area contributed by atoms with Crippen LogP contribution in [0, 0.1) is 0 Å². The SMILES string of the molecule is CCc1cnc(CNCc2ccc(C(C)(C)C)s2)s1. The molecular formula is C15H22N2S2. The van der Waals surface area contributed by atoms with Gasteiger partial charge in [-0.2, -0.15) is 0 Å². The van der Waals surface area contributed by atoms with Crippen LogP contribution in [0.3, 0.4) is 0 Å². The van der Waals surface area contributed by atoms with Gasteiger partial charge in [-0.05, 0) is 24.0 Å². The van der Waals surface area contributed by atoms with Gasteiger partial charge in [0, 0.05) is 33.9 Å². The zero-order valence-corrected chi connectivity index (χ0v) is 13.8. The lowest BCUT2D eigenvalue weighted by molar-refractivity contribution is 0.604. The lowest BCUT2D eigenvalue weighted by Crippen LogP contribution is -2.11. The van der Waals surface area contributed by atoms with Gasteiger partial charge >= 0.3 is 0 Å². The van der Waals surface area contributed by atoms with E-state index in [-0.39, 0.29) is 5.41 Å². The number of nitrogens with one attached hydrogen (secondary N) is 1. The molecule has 19 heavy (non-hydrogen) atoms. The first-order valence-corrected chi connectivity index (χ1v) is 8.36. The Bertz CT molecular complexity index is 520. The van der Waals surface area contributed by atoms with E-state index in [1.165, 1.54) is 19.6 Å².